The van der Waals surface area contributed by atoms with Gasteiger partial charge in [0.25, 0.3) is 6.47 Å². The zero-order valence-corrected chi connectivity index (χ0v) is 4.43. The van der Waals surface area contributed by atoms with Crippen LogP contribution in [0.4, 0.5) is 0 Å². The molecule has 1 N–H and O–H groups in total. The van der Waals surface area contributed by atoms with Crippen LogP contribution in [0.1, 0.15) is 0 Å². The Kier molecular flexibility index (Phi) is 21.6. The quantitative estimate of drug-likeness (QED) is 0.179. The Hall–Kier alpha value is 0.470. The molecular weight excluding hydrogens is 72.0 g/mol. The Morgan fingerprint density at radius 3 is 1.75 bits per heavy atom. The average Bonchev–Trinajstić information content (AvgIpc) is 0.918. The first-order valence-corrected chi connectivity index (χ1v) is 0.494. The van der Waals surface area contributed by atoms with Crippen LogP contribution in [0.25, 0.3) is 0 Å². The molecule has 0 rings (SSSR count). The Labute approximate surface area is 46.1 Å². The number of carbonyl (C=O) groups is 1. The monoisotopic (exact) mass is 74.0 g/mol. The van der Waals surface area contributed by atoms with Crippen LogP contribution in [-0.4, -0.2) is 41.1 Å². The van der Waals surface area contributed by atoms with Crippen molar-refractivity contribution in [1.82, 2.24) is 0 Å². The van der Waals surface area contributed by atoms with E-state index >= 15 is 0 Å². The van der Waals surface area contributed by atoms with E-state index in [0.717, 1.165) is 0 Å². The van der Waals surface area contributed by atoms with Gasteiger partial charge in [-0.2, -0.15) is 0 Å². The summed E-state index contributed by atoms with van der Waals surface area (Å²) in [5, 5.41) is 6.89. The molecule has 0 aromatic heterocycles. The Morgan fingerprint density at radius 1 is 1.75 bits per heavy atom. The molecule has 4 heavy (non-hydrogen) atoms. The third-order valence-electron chi connectivity index (χ3n) is 0. The van der Waals surface area contributed by atoms with E-state index in [2.05, 4.69) is 0 Å². The van der Waals surface area contributed by atoms with Gasteiger partial charge >= 0.3 is 0 Å². The summed E-state index contributed by atoms with van der Waals surface area (Å²) in [6.45, 7) is -0.250. The zero-order valence-electron chi connectivity index (χ0n) is 2.43. The molecule has 0 heterocycles. The summed E-state index contributed by atoms with van der Waals surface area (Å²) in [6.07, 6.45) is 0. The van der Waals surface area contributed by atoms with E-state index in [1.165, 1.54) is 0 Å². The molecule has 0 aromatic carbocycles. The van der Waals surface area contributed by atoms with E-state index in [1.54, 1.807) is 0 Å². The number of hydrogen-bond donors (Lipinski definition) is 1. The van der Waals surface area contributed by atoms with Crippen molar-refractivity contribution in [1.29, 1.82) is 0 Å². The van der Waals surface area contributed by atoms with Gasteiger partial charge in [0.1, 0.15) is 0 Å². The predicted octanol–water partition coefficient (Wildman–Crippen LogP) is -0.680. The summed E-state index contributed by atoms with van der Waals surface area (Å²) in [4.78, 5) is 8.36. The van der Waals surface area contributed by atoms with E-state index in [0.29, 0.717) is 0 Å². The van der Waals surface area contributed by atoms with Gasteiger partial charge in [-0.05, 0) is 0 Å². The van der Waals surface area contributed by atoms with Crippen LogP contribution >= 0.6 is 0 Å². The van der Waals surface area contributed by atoms with Gasteiger partial charge < -0.3 is 5.11 Å². The molecule has 0 amide bonds. The second-order valence-electron chi connectivity index (χ2n) is 0.105. The SMILES string of the molecule is [18O]=[13CH][18OH].[Na]. The van der Waals surface area contributed by atoms with E-state index < -0.39 is 0 Å². The van der Waals surface area contributed by atoms with E-state index in [-0.39, 0.29) is 36.0 Å². The van der Waals surface area contributed by atoms with Crippen molar-refractivity contribution in [3.05, 3.63) is 0 Å². The third-order valence-corrected chi connectivity index (χ3v) is 0. The standard InChI is InChI=1S/CH2O2.Na/c2-1-3;/h1H,(H,2,3);/i1+1,2+2,3+2;. The molecule has 0 bridgehead atoms. The Morgan fingerprint density at radius 2 is 1.75 bits per heavy atom. The predicted molar refractivity (Wildman–Crippen MR) is 14.4 cm³/mol. The minimum atomic E-state index is -0.250. The van der Waals surface area contributed by atoms with Gasteiger partial charge in [-0.15, -0.1) is 0 Å². The molecule has 0 aromatic rings. The molecule has 0 saturated carbocycles. The van der Waals surface area contributed by atoms with E-state index in [4.69, 9.17) is 9.90 Å². The van der Waals surface area contributed by atoms with Crippen LogP contribution in [-0.2, 0) is 4.79 Å². The first-order chi connectivity index (χ1) is 1.41. The smallest absolute Gasteiger partial charge is 0.290 e. The molecule has 0 aliphatic rings. The van der Waals surface area contributed by atoms with E-state index in [1.807, 2.05) is 0 Å². The van der Waals surface area contributed by atoms with Crippen LogP contribution < -0.4 is 0 Å². The summed E-state index contributed by atoms with van der Waals surface area (Å²) in [7, 11) is 0. The van der Waals surface area contributed by atoms with Crippen LogP contribution in [0.15, 0.2) is 0 Å². The van der Waals surface area contributed by atoms with Crippen molar-refractivity contribution in [3.8, 4) is 0 Å². The van der Waals surface area contributed by atoms with Crippen LogP contribution in [0.5, 0.6) is 0 Å². The normalized spacial score (nSPS) is 3.00. The molecule has 0 aliphatic heterocycles. The second kappa shape index (κ2) is 9.80. The summed E-state index contributed by atoms with van der Waals surface area (Å²) in [5.74, 6) is 0. The van der Waals surface area contributed by atoms with Crippen molar-refractivity contribution in [3.63, 3.8) is 0 Å². The Bertz CT molecular complexity index is 13.5. The van der Waals surface area contributed by atoms with Crippen molar-refractivity contribution in [2.45, 2.75) is 0 Å². The van der Waals surface area contributed by atoms with E-state index in [9.17, 15) is 0 Å². The molecule has 0 unspecified atom stereocenters. The fourth-order valence-electron chi connectivity index (χ4n) is 0. The maximum Gasteiger partial charge on any atom is 0.290 e. The van der Waals surface area contributed by atoms with Crippen molar-refractivity contribution in [2.75, 3.05) is 0 Å². The van der Waals surface area contributed by atoms with Gasteiger partial charge in [-0.25, -0.2) is 0 Å². The number of hydrogen-bond acceptors (Lipinski definition) is 1. The number of rotatable bonds is 0. The fraction of sp³-hybridized carbons (Fsp3) is 0. The molecule has 0 saturated heterocycles. The van der Waals surface area contributed by atoms with Crippen LogP contribution in [0.3, 0.4) is 0 Å². The summed E-state index contributed by atoms with van der Waals surface area (Å²) in [5.41, 5.74) is 0. The first-order valence-electron chi connectivity index (χ1n) is 0.494. The molecule has 19 valence electrons. The minimum Gasteiger partial charge on any atom is -0.483 e. The molecule has 1 radical (unpaired) electrons. The van der Waals surface area contributed by atoms with Crippen LogP contribution in [0, 0.1) is 0 Å². The number of carboxylic acid groups (broad SMARTS) is 1. The molecule has 2 nitrogen and oxygen atoms in total. The molecule has 0 aliphatic carbocycles. The maximum atomic E-state index is 8.36. The third kappa shape index (κ3) is 24.2. The topological polar surface area (TPSA) is 37.3 Å². The fourth-order valence-corrected chi connectivity index (χ4v) is 0. The molecule has 0 fully saturated rings. The minimum absolute atomic E-state index is 0. The van der Waals surface area contributed by atoms with Gasteiger partial charge in [-0.3, -0.25) is 4.79 Å². The maximum absolute atomic E-state index is 8.36. The van der Waals surface area contributed by atoms with Crippen molar-refractivity contribution in [2.24, 2.45) is 0 Å². The van der Waals surface area contributed by atoms with Crippen molar-refractivity contribution < 1.29 is 9.90 Å². The molecule has 3 heteroatoms. The van der Waals surface area contributed by atoms with Crippen LogP contribution in [0.2, 0.25) is 0 Å². The zero-order chi connectivity index (χ0) is 2.71. The first kappa shape index (κ1) is 8.82. The average molecular weight is 74.0 g/mol. The molecule has 0 spiro atoms. The van der Waals surface area contributed by atoms with Crippen molar-refractivity contribution >= 4 is 36.0 Å². The largest absolute Gasteiger partial charge is 0.483 e. The van der Waals surface area contributed by atoms with Gasteiger partial charge in [0.15, 0.2) is 0 Å². The van der Waals surface area contributed by atoms with Gasteiger partial charge in [-0.1, -0.05) is 0 Å². The summed E-state index contributed by atoms with van der Waals surface area (Å²) >= 11 is 0. The van der Waals surface area contributed by atoms with Gasteiger partial charge in [0.05, 0.1) is 0 Å². The van der Waals surface area contributed by atoms with Gasteiger partial charge in [0, 0.05) is 29.6 Å². The molecular formula is CH2NaO2. The van der Waals surface area contributed by atoms with Gasteiger partial charge in [0.2, 0.25) is 0 Å². The Balaban J connectivity index is 0. The summed E-state index contributed by atoms with van der Waals surface area (Å²) < 4.78 is 0. The molecule has 0 atom stereocenters. The second-order valence-corrected chi connectivity index (χ2v) is 0.105. The summed E-state index contributed by atoms with van der Waals surface area (Å²) in [6, 6.07) is 0.